The highest BCUT2D eigenvalue weighted by Crippen LogP contribution is 2.12. The van der Waals surface area contributed by atoms with Crippen molar-refractivity contribution < 1.29 is 0 Å². The van der Waals surface area contributed by atoms with Crippen molar-refractivity contribution in [2.45, 2.75) is 33.6 Å². The van der Waals surface area contributed by atoms with Crippen LogP contribution < -0.4 is 0 Å². The van der Waals surface area contributed by atoms with Crippen molar-refractivity contribution >= 4 is 0 Å². The van der Waals surface area contributed by atoms with Gasteiger partial charge in [-0.2, -0.15) is 0 Å². The van der Waals surface area contributed by atoms with Gasteiger partial charge in [0, 0.05) is 6.42 Å². The lowest BCUT2D eigenvalue weighted by Gasteiger charge is -2.09. The SMILES string of the molecule is [CH2]C(C)CC(C)CC#CC. The van der Waals surface area contributed by atoms with Crippen LogP contribution in [0.25, 0.3) is 0 Å². The summed E-state index contributed by atoms with van der Waals surface area (Å²) in [7, 11) is 0. The van der Waals surface area contributed by atoms with E-state index in [1.54, 1.807) is 0 Å². The van der Waals surface area contributed by atoms with Gasteiger partial charge < -0.3 is 0 Å². The second kappa shape index (κ2) is 5.35. The molecule has 0 aliphatic carbocycles. The van der Waals surface area contributed by atoms with Crippen LogP contribution in [-0.2, 0) is 0 Å². The van der Waals surface area contributed by atoms with Crippen LogP contribution in [0.5, 0.6) is 0 Å². The Labute approximate surface area is 65.0 Å². The van der Waals surface area contributed by atoms with Crippen molar-refractivity contribution in [2.24, 2.45) is 11.8 Å². The van der Waals surface area contributed by atoms with E-state index in [2.05, 4.69) is 32.6 Å². The normalized spacial score (nSPS) is 12.5. The topological polar surface area (TPSA) is 0 Å². The Balaban J connectivity index is 3.40. The summed E-state index contributed by atoms with van der Waals surface area (Å²) < 4.78 is 0. The van der Waals surface area contributed by atoms with E-state index in [0.717, 1.165) is 6.42 Å². The molecule has 0 saturated heterocycles. The summed E-state index contributed by atoms with van der Waals surface area (Å²) in [5, 5.41) is 0. The maximum atomic E-state index is 3.94. The summed E-state index contributed by atoms with van der Waals surface area (Å²) in [4.78, 5) is 0. The smallest absolute Gasteiger partial charge is 0.0114 e. The molecule has 0 aromatic heterocycles. The van der Waals surface area contributed by atoms with Crippen molar-refractivity contribution in [1.29, 1.82) is 0 Å². The molecule has 0 fully saturated rings. The van der Waals surface area contributed by atoms with E-state index in [0.29, 0.717) is 11.8 Å². The van der Waals surface area contributed by atoms with Gasteiger partial charge in [-0.25, -0.2) is 0 Å². The van der Waals surface area contributed by atoms with Gasteiger partial charge in [-0.15, -0.1) is 11.8 Å². The van der Waals surface area contributed by atoms with Gasteiger partial charge in [0.15, 0.2) is 0 Å². The van der Waals surface area contributed by atoms with Gasteiger partial charge in [-0.3, -0.25) is 0 Å². The highest BCUT2D eigenvalue weighted by atomic mass is 14.1. The summed E-state index contributed by atoms with van der Waals surface area (Å²) >= 11 is 0. The lowest BCUT2D eigenvalue weighted by atomic mass is 9.96. The van der Waals surface area contributed by atoms with E-state index < -0.39 is 0 Å². The first-order valence-corrected chi connectivity index (χ1v) is 3.89. The average molecular weight is 137 g/mol. The molecule has 0 heteroatoms. The van der Waals surface area contributed by atoms with Gasteiger partial charge in [0.2, 0.25) is 0 Å². The molecule has 2 atom stereocenters. The summed E-state index contributed by atoms with van der Waals surface area (Å²) in [6.45, 7) is 10.2. The Morgan fingerprint density at radius 3 is 2.40 bits per heavy atom. The summed E-state index contributed by atoms with van der Waals surface area (Å²) in [6, 6.07) is 0. The fourth-order valence-electron chi connectivity index (χ4n) is 1.05. The first kappa shape index (κ1) is 9.56. The molecule has 0 heterocycles. The van der Waals surface area contributed by atoms with E-state index in [9.17, 15) is 0 Å². The van der Waals surface area contributed by atoms with Gasteiger partial charge >= 0.3 is 0 Å². The number of hydrogen-bond donors (Lipinski definition) is 0. The largest absolute Gasteiger partial charge is 0.107 e. The standard InChI is InChI=1S/C10H17/c1-5-6-7-10(4)8-9(2)3/h9-10H,2,7-8H2,1,3-4H3. The molecule has 0 nitrogen and oxygen atoms in total. The highest BCUT2D eigenvalue weighted by Gasteiger charge is 2.01. The molecule has 10 heavy (non-hydrogen) atoms. The lowest BCUT2D eigenvalue weighted by molar-refractivity contribution is 0.474. The minimum absolute atomic E-state index is 0.564. The third kappa shape index (κ3) is 5.69. The fraction of sp³-hybridized carbons (Fsp3) is 0.700. The number of rotatable bonds is 3. The average Bonchev–Trinajstić information content (AvgIpc) is 1.82. The Bertz CT molecular complexity index is 123. The van der Waals surface area contributed by atoms with Crippen LogP contribution in [0, 0.1) is 30.6 Å². The maximum Gasteiger partial charge on any atom is 0.0114 e. The third-order valence-corrected chi connectivity index (χ3v) is 1.43. The van der Waals surface area contributed by atoms with Crippen molar-refractivity contribution in [1.82, 2.24) is 0 Å². The van der Waals surface area contributed by atoms with E-state index in [-0.39, 0.29) is 0 Å². The van der Waals surface area contributed by atoms with Gasteiger partial charge in [0.25, 0.3) is 0 Å². The molecule has 0 aliphatic rings. The molecule has 0 aromatic rings. The summed E-state index contributed by atoms with van der Waals surface area (Å²) in [6.07, 6.45) is 2.21. The van der Waals surface area contributed by atoms with Crippen LogP contribution in [-0.4, -0.2) is 0 Å². The minimum atomic E-state index is 0.564. The Morgan fingerprint density at radius 2 is 2.00 bits per heavy atom. The first-order valence-electron chi connectivity index (χ1n) is 3.89. The predicted molar refractivity (Wildman–Crippen MR) is 46.4 cm³/mol. The minimum Gasteiger partial charge on any atom is -0.107 e. The second-order valence-corrected chi connectivity index (χ2v) is 3.08. The molecule has 0 aliphatic heterocycles. The molecule has 0 spiro atoms. The quantitative estimate of drug-likeness (QED) is 0.525. The van der Waals surface area contributed by atoms with Gasteiger partial charge in [0.1, 0.15) is 0 Å². The summed E-state index contributed by atoms with van der Waals surface area (Å²) in [5.74, 6) is 7.25. The van der Waals surface area contributed by atoms with Gasteiger partial charge in [-0.05, 0) is 25.2 Å². The van der Waals surface area contributed by atoms with Crippen LogP contribution >= 0.6 is 0 Å². The van der Waals surface area contributed by atoms with Gasteiger partial charge in [0.05, 0.1) is 0 Å². The van der Waals surface area contributed by atoms with Crippen LogP contribution in [0.3, 0.4) is 0 Å². The molecule has 0 bridgehead atoms. The van der Waals surface area contributed by atoms with Crippen LogP contribution in [0.4, 0.5) is 0 Å². The van der Waals surface area contributed by atoms with Crippen LogP contribution in [0.2, 0.25) is 0 Å². The molecule has 0 amide bonds. The predicted octanol–water partition coefficient (Wildman–Crippen LogP) is 2.90. The van der Waals surface area contributed by atoms with Crippen molar-refractivity contribution in [3.05, 3.63) is 6.92 Å². The third-order valence-electron chi connectivity index (χ3n) is 1.43. The maximum absolute atomic E-state index is 3.94. The zero-order valence-corrected chi connectivity index (χ0v) is 7.28. The van der Waals surface area contributed by atoms with Crippen molar-refractivity contribution in [3.63, 3.8) is 0 Å². The molecule has 0 N–H and O–H groups in total. The van der Waals surface area contributed by atoms with E-state index in [1.807, 2.05) is 6.92 Å². The van der Waals surface area contributed by atoms with E-state index in [1.165, 1.54) is 6.42 Å². The second-order valence-electron chi connectivity index (χ2n) is 3.08. The number of hydrogen-bond acceptors (Lipinski definition) is 0. The van der Waals surface area contributed by atoms with E-state index >= 15 is 0 Å². The van der Waals surface area contributed by atoms with Crippen LogP contribution in [0.1, 0.15) is 33.6 Å². The molecule has 0 saturated carbocycles. The van der Waals surface area contributed by atoms with E-state index in [4.69, 9.17) is 0 Å². The zero-order valence-electron chi connectivity index (χ0n) is 7.28. The van der Waals surface area contributed by atoms with Crippen molar-refractivity contribution in [2.75, 3.05) is 0 Å². The summed E-state index contributed by atoms with van der Waals surface area (Å²) in [5.41, 5.74) is 0. The fourth-order valence-corrected chi connectivity index (χ4v) is 1.05. The Hall–Kier alpha value is -0.440. The molecule has 1 radical (unpaired) electrons. The highest BCUT2D eigenvalue weighted by molar-refractivity contribution is 4.95. The zero-order chi connectivity index (χ0) is 7.98. The van der Waals surface area contributed by atoms with Crippen LogP contribution in [0.15, 0.2) is 0 Å². The molecular formula is C10H17. The van der Waals surface area contributed by atoms with Crippen molar-refractivity contribution in [3.8, 4) is 11.8 Å². The Kier molecular flexibility index (Phi) is 5.12. The molecule has 0 aromatic carbocycles. The van der Waals surface area contributed by atoms with Gasteiger partial charge in [-0.1, -0.05) is 20.8 Å². The monoisotopic (exact) mass is 137 g/mol. The molecular weight excluding hydrogens is 120 g/mol. The first-order chi connectivity index (χ1) is 4.66. The Morgan fingerprint density at radius 1 is 1.40 bits per heavy atom. The molecule has 2 unspecified atom stereocenters. The lowest BCUT2D eigenvalue weighted by Crippen LogP contribution is -1.98. The molecule has 0 rings (SSSR count). The molecule has 57 valence electrons.